The molecule has 0 unspecified atom stereocenters. The summed E-state index contributed by atoms with van der Waals surface area (Å²) in [5.74, 6) is 0. The molecule has 2 aromatic heterocycles. The molecule has 0 bridgehead atoms. The maximum atomic E-state index is 9.89. The summed E-state index contributed by atoms with van der Waals surface area (Å²) in [5.41, 5.74) is 2.29. The Morgan fingerprint density at radius 2 is 0.808 bits per heavy atom. The van der Waals surface area contributed by atoms with Gasteiger partial charge >= 0.3 is 0 Å². The van der Waals surface area contributed by atoms with Gasteiger partial charge in [0.2, 0.25) is 0 Å². The van der Waals surface area contributed by atoms with Crippen molar-refractivity contribution in [2.75, 3.05) is 0 Å². The zero-order chi connectivity index (χ0) is 17.7. The quantitative estimate of drug-likeness (QED) is 0.331. The lowest BCUT2D eigenvalue weighted by Crippen LogP contribution is -1.87. The van der Waals surface area contributed by atoms with E-state index in [1.54, 1.807) is 12.1 Å². The smallest absolute Gasteiger partial charge is 0.171 e. The molecule has 0 radical (unpaired) electrons. The minimum absolute atomic E-state index is 0.320. The fourth-order valence-corrected chi connectivity index (χ4v) is 5.22. The van der Waals surface area contributed by atoms with Gasteiger partial charge in [0, 0.05) is 20.9 Å². The standard InChI is InChI=1S/C22H14O2S2/c23-19-11-9-17(25-19)21-13-5-1-2-6-14(13)22(18-10-12-20(24)26-18)16-8-4-3-7-15(16)21/h1-12,23-24H. The van der Waals surface area contributed by atoms with E-state index in [1.807, 2.05) is 36.4 Å². The summed E-state index contributed by atoms with van der Waals surface area (Å²) in [6, 6.07) is 24.1. The molecule has 0 saturated heterocycles. The summed E-state index contributed by atoms with van der Waals surface area (Å²) < 4.78 is 0. The van der Waals surface area contributed by atoms with Gasteiger partial charge in [-0.25, -0.2) is 0 Å². The fraction of sp³-hybridized carbons (Fsp3) is 0. The van der Waals surface area contributed by atoms with Crippen LogP contribution in [-0.4, -0.2) is 10.2 Å². The zero-order valence-electron chi connectivity index (χ0n) is 13.6. The van der Waals surface area contributed by atoms with Crippen LogP contribution in [0, 0.1) is 0 Å². The number of aromatic hydroxyl groups is 2. The van der Waals surface area contributed by atoms with E-state index in [4.69, 9.17) is 0 Å². The van der Waals surface area contributed by atoms with Gasteiger partial charge in [0.05, 0.1) is 0 Å². The SMILES string of the molecule is Oc1ccc(-c2c3ccccc3c(-c3ccc(O)s3)c3ccccc23)s1. The summed E-state index contributed by atoms with van der Waals surface area (Å²) in [4.78, 5) is 2.10. The molecular formula is C22H14O2S2. The van der Waals surface area contributed by atoms with E-state index in [-0.39, 0.29) is 0 Å². The molecule has 0 spiro atoms. The van der Waals surface area contributed by atoms with Crippen LogP contribution in [0.5, 0.6) is 10.1 Å². The highest BCUT2D eigenvalue weighted by Crippen LogP contribution is 2.47. The summed E-state index contributed by atoms with van der Waals surface area (Å²) in [6.45, 7) is 0. The Balaban J connectivity index is 2.01. The van der Waals surface area contributed by atoms with Crippen molar-refractivity contribution in [3.63, 3.8) is 0 Å². The topological polar surface area (TPSA) is 40.5 Å². The van der Waals surface area contributed by atoms with Crippen molar-refractivity contribution in [2.24, 2.45) is 0 Å². The van der Waals surface area contributed by atoms with Gasteiger partial charge in [0.25, 0.3) is 0 Å². The number of rotatable bonds is 2. The first-order valence-electron chi connectivity index (χ1n) is 8.24. The average molecular weight is 374 g/mol. The molecule has 0 saturated carbocycles. The van der Waals surface area contributed by atoms with Crippen LogP contribution >= 0.6 is 22.7 Å². The van der Waals surface area contributed by atoms with Crippen molar-refractivity contribution in [1.29, 1.82) is 0 Å². The molecule has 3 aromatic carbocycles. The molecule has 2 heterocycles. The van der Waals surface area contributed by atoms with Crippen LogP contribution in [0.3, 0.4) is 0 Å². The van der Waals surface area contributed by atoms with Crippen LogP contribution in [0.2, 0.25) is 0 Å². The van der Waals surface area contributed by atoms with Crippen molar-refractivity contribution in [2.45, 2.75) is 0 Å². The maximum absolute atomic E-state index is 9.89. The molecule has 0 fully saturated rings. The molecule has 26 heavy (non-hydrogen) atoms. The molecule has 0 aliphatic heterocycles. The minimum atomic E-state index is 0.320. The fourth-order valence-electron chi connectivity index (χ4n) is 3.58. The Morgan fingerprint density at radius 3 is 1.08 bits per heavy atom. The minimum Gasteiger partial charge on any atom is -0.499 e. The average Bonchev–Trinajstić information content (AvgIpc) is 3.27. The van der Waals surface area contributed by atoms with Crippen LogP contribution in [0.4, 0.5) is 0 Å². The molecule has 4 heteroatoms. The van der Waals surface area contributed by atoms with Gasteiger partial charge in [-0.05, 0) is 45.8 Å². The van der Waals surface area contributed by atoms with Gasteiger partial charge in [-0.1, -0.05) is 71.2 Å². The summed E-state index contributed by atoms with van der Waals surface area (Å²) in [5, 5.41) is 25.0. The second-order valence-electron chi connectivity index (χ2n) is 6.12. The van der Waals surface area contributed by atoms with Crippen LogP contribution in [-0.2, 0) is 0 Å². The number of fused-ring (bicyclic) bond motifs is 2. The number of hydrogen-bond acceptors (Lipinski definition) is 4. The highest BCUT2D eigenvalue weighted by atomic mass is 32.1. The largest absolute Gasteiger partial charge is 0.499 e. The van der Waals surface area contributed by atoms with Crippen molar-refractivity contribution >= 4 is 44.2 Å². The van der Waals surface area contributed by atoms with E-state index in [9.17, 15) is 10.2 Å². The molecule has 0 atom stereocenters. The first-order chi connectivity index (χ1) is 12.7. The Labute approximate surface area is 158 Å². The van der Waals surface area contributed by atoms with Crippen LogP contribution < -0.4 is 0 Å². The van der Waals surface area contributed by atoms with Crippen molar-refractivity contribution < 1.29 is 10.2 Å². The Hall–Kier alpha value is -2.82. The Kier molecular flexibility index (Phi) is 3.48. The van der Waals surface area contributed by atoms with Gasteiger partial charge in [-0.3, -0.25) is 0 Å². The van der Waals surface area contributed by atoms with Gasteiger partial charge in [0.1, 0.15) is 0 Å². The van der Waals surface area contributed by atoms with Crippen molar-refractivity contribution in [1.82, 2.24) is 0 Å². The predicted molar refractivity (Wildman–Crippen MR) is 111 cm³/mol. The van der Waals surface area contributed by atoms with Gasteiger partial charge in [-0.2, -0.15) is 0 Å². The van der Waals surface area contributed by atoms with E-state index in [0.29, 0.717) is 10.1 Å². The zero-order valence-corrected chi connectivity index (χ0v) is 15.3. The third kappa shape index (κ3) is 2.30. The number of hydrogen-bond donors (Lipinski definition) is 2. The molecule has 2 N–H and O–H groups in total. The number of thiophene rings is 2. The summed E-state index contributed by atoms with van der Waals surface area (Å²) in [7, 11) is 0. The lowest BCUT2D eigenvalue weighted by Gasteiger charge is -2.15. The third-order valence-corrected chi connectivity index (χ3v) is 6.42. The second kappa shape index (κ2) is 5.87. The van der Waals surface area contributed by atoms with Crippen molar-refractivity contribution in [3.05, 3.63) is 72.8 Å². The van der Waals surface area contributed by atoms with Gasteiger partial charge in [0.15, 0.2) is 10.1 Å². The highest BCUT2D eigenvalue weighted by molar-refractivity contribution is 7.17. The van der Waals surface area contributed by atoms with E-state index in [0.717, 1.165) is 42.4 Å². The van der Waals surface area contributed by atoms with Gasteiger partial charge in [-0.15, -0.1) is 0 Å². The molecule has 2 nitrogen and oxygen atoms in total. The van der Waals surface area contributed by atoms with E-state index >= 15 is 0 Å². The van der Waals surface area contributed by atoms with E-state index < -0.39 is 0 Å². The second-order valence-corrected chi connectivity index (χ2v) is 8.24. The monoisotopic (exact) mass is 374 g/mol. The number of benzene rings is 3. The van der Waals surface area contributed by atoms with Gasteiger partial charge < -0.3 is 10.2 Å². The molecule has 5 rings (SSSR count). The Morgan fingerprint density at radius 1 is 0.462 bits per heavy atom. The summed E-state index contributed by atoms with van der Waals surface area (Å²) in [6.07, 6.45) is 0. The first kappa shape index (κ1) is 15.4. The van der Waals surface area contributed by atoms with Crippen LogP contribution in [0.15, 0.2) is 72.8 Å². The lowest BCUT2D eigenvalue weighted by molar-refractivity contribution is 0.490. The van der Waals surface area contributed by atoms with Crippen molar-refractivity contribution in [3.8, 4) is 31.0 Å². The molecule has 0 amide bonds. The predicted octanol–water partition coefficient (Wildman–Crippen LogP) is 6.86. The lowest BCUT2D eigenvalue weighted by atomic mass is 9.90. The normalized spacial score (nSPS) is 11.4. The third-order valence-electron chi connectivity index (χ3n) is 4.61. The first-order valence-corrected chi connectivity index (χ1v) is 9.87. The molecule has 126 valence electrons. The molecule has 0 aliphatic carbocycles. The molecule has 0 aliphatic rings. The summed E-state index contributed by atoms with van der Waals surface area (Å²) >= 11 is 2.79. The molecular weight excluding hydrogens is 360 g/mol. The Bertz CT molecular complexity index is 1110. The maximum Gasteiger partial charge on any atom is 0.171 e. The van der Waals surface area contributed by atoms with Crippen LogP contribution in [0.25, 0.3) is 42.4 Å². The molecule has 5 aromatic rings. The van der Waals surface area contributed by atoms with E-state index in [2.05, 4.69) is 24.3 Å². The van der Waals surface area contributed by atoms with Crippen LogP contribution in [0.1, 0.15) is 0 Å². The highest BCUT2D eigenvalue weighted by Gasteiger charge is 2.18. The van der Waals surface area contributed by atoms with E-state index in [1.165, 1.54) is 22.7 Å².